The lowest BCUT2D eigenvalue weighted by molar-refractivity contribution is 0.299. The van der Waals surface area contributed by atoms with E-state index in [4.69, 9.17) is 4.74 Å². The average molecular weight is 233 g/mol. The Labute approximate surface area is 104 Å². The van der Waals surface area contributed by atoms with E-state index < -0.39 is 0 Å². The highest BCUT2D eigenvalue weighted by Crippen LogP contribution is 2.24. The van der Waals surface area contributed by atoms with Crippen LogP contribution in [-0.4, -0.2) is 13.2 Å². The lowest BCUT2D eigenvalue weighted by Gasteiger charge is -2.27. The average Bonchev–Trinajstić information content (AvgIpc) is 2.37. The maximum atomic E-state index is 5.37. The molecule has 0 aromatic heterocycles. The van der Waals surface area contributed by atoms with E-state index in [2.05, 4.69) is 24.4 Å². The van der Waals surface area contributed by atoms with Crippen LogP contribution in [0.25, 0.3) is 0 Å². The maximum absolute atomic E-state index is 5.37. The van der Waals surface area contributed by atoms with Gasteiger partial charge in [0.25, 0.3) is 0 Å². The van der Waals surface area contributed by atoms with Crippen molar-refractivity contribution in [2.75, 3.05) is 7.11 Å². The van der Waals surface area contributed by atoms with Gasteiger partial charge in [0.2, 0.25) is 0 Å². The van der Waals surface area contributed by atoms with Gasteiger partial charge in [-0.25, -0.2) is 0 Å². The zero-order valence-corrected chi connectivity index (χ0v) is 10.9. The molecule has 2 nitrogen and oxygen atoms in total. The Morgan fingerprint density at radius 1 is 1.29 bits per heavy atom. The summed E-state index contributed by atoms with van der Waals surface area (Å²) in [6, 6.07) is 8.94. The molecule has 0 radical (unpaired) electrons. The molecular weight excluding hydrogens is 210 g/mol. The molecule has 0 heterocycles. The van der Waals surface area contributed by atoms with Crippen molar-refractivity contribution in [3.63, 3.8) is 0 Å². The zero-order chi connectivity index (χ0) is 12.1. The van der Waals surface area contributed by atoms with E-state index in [0.29, 0.717) is 6.04 Å². The van der Waals surface area contributed by atoms with Crippen molar-refractivity contribution in [2.45, 2.75) is 45.2 Å². The van der Waals surface area contributed by atoms with Crippen LogP contribution in [0.15, 0.2) is 24.3 Å². The van der Waals surface area contributed by atoms with Crippen molar-refractivity contribution in [1.82, 2.24) is 5.32 Å². The molecule has 0 bridgehead atoms. The first kappa shape index (κ1) is 12.4. The molecule has 2 unspecified atom stereocenters. The monoisotopic (exact) mass is 233 g/mol. The molecule has 0 aliphatic heterocycles. The summed E-state index contributed by atoms with van der Waals surface area (Å²) >= 11 is 0. The standard InChI is InChI=1S/C15H23NO/c1-12-6-5-8-14(10-12)16-11-13-7-3-4-9-15(13)17-2/h3-4,7,9,12,14,16H,5-6,8,10-11H2,1-2H3. The predicted octanol–water partition coefficient (Wildman–Crippen LogP) is 3.36. The Morgan fingerprint density at radius 3 is 2.88 bits per heavy atom. The van der Waals surface area contributed by atoms with Gasteiger partial charge >= 0.3 is 0 Å². The van der Waals surface area contributed by atoms with Gasteiger partial charge in [-0.05, 0) is 24.8 Å². The van der Waals surface area contributed by atoms with Crippen LogP contribution in [0.5, 0.6) is 5.75 Å². The molecule has 2 atom stereocenters. The van der Waals surface area contributed by atoms with Crippen LogP contribution in [0.3, 0.4) is 0 Å². The summed E-state index contributed by atoms with van der Waals surface area (Å²) in [6.07, 6.45) is 5.40. The van der Waals surface area contributed by atoms with Crippen LogP contribution in [0.2, 0.25) is 0 Å². The molecule has 1 fully saturated rings. The maximum Gasteiger partial charge on any atom is 0.123 e. The molecular formula is C15H23NO. The number of ether oxygens (including phenoxy) is 1. The number of para-hydroxylation sites is 1. The molecule has 2 heteroatoms. The molecule has 1 aromatic rings. The quantitative estimate of drug-likeness (QED) is 0.861. The van der Waals surface area contributed by atoms with E-state index in [1.165, 1.54) is 31.2 Å². The normalized spacial score (nSPS) is 24.6. The van der Waals surface area contributed by atoms with Crippen molar-refractivity contribution in [3.8, 4) is 5.75 Å². The van der Waals surface area contributed by atoms with Gasteiger partial charge in [-0.2, -0.15) is 0 Å². The van der Waals surface area contributed by atoms with Crippen LogP contribution in [0, 0.1) is 5.92 Å². The fraction of sp³-hybridized carbons (Fsp3) is 0.600. The van der Waals surface area contributed by atoms with E-state index in [-0.39, 0.29) is 0 Å². The van der Waals surface area contributed by atoms with E-state index in [1.807, 2.05) is 12.1 Å². The second-order valence-electron chi connectivity index (χ2n) is 5.16. The molecule has 17 heavy (non-hydrogen) atoms. The second-order valence-corrected chi connectivity index (χ2v) is 5.16. The van der Waals surface area contributed by atoms with Gasteiger partial charge in [0.1, 0.15) is 5.75 Å². The van der Waals surface area contributed by atoms with Crippen molar-refractivity contribution in [3.05, 3.63) is 29.8 Å². The lowest BCUT2D eigenvalue weighted by atomic mass is 9.87. The molecule has 94 valence electrons. The molecule has 1 aliphatic rings. The van der Waals surface area contributed by atoms with E-state index in [0.717, 1.165) is 18.2 Å². The Morgan fingerprint density at radius 2 is 2.12 bits per heavy atom. The fourth-order valence-electron chi connectivity index (χ4n) is 2.72. The van der Waals surface area contributed by atoms with Gasteiger partial charge in [0, 0.05) is 18.2 Å². The van der Waals surface area contributed by atoms with E-state index in [1.54, 1.807) is 7.11 Å². The number of hydrogen-bond donors (Lipinski definition) is 1. The summed E-state index contributed by atoms with van der Waals surface area (Å²) in [5, 5.41) is 3.66. The Kier molecular flexibility index (Phi) is 4.43. The number of nitrogens with one attached hydrogen (secondary N) is 1. The third-order valence-electron chi connectivity index (χ3n) is 3.71. The molecule has 1 aromatic carbocycles. The van der Waals surface area contributed by atoms with E-state index in [9.17, 15) is 0 Å². The summed E-state index contributed by atoms with van der Waals surface area (Å²) in [5.74, 6) is 1.86. The number of rotatable bonds is 4. The van der Waals surface area contributed by atoms with E-state index >= 15 is 0 Å². The first-order chi connectivity index (χ1) is 8.29. The lowest BCUT2D eigenvalue weighted by Crippen LogP contribution is -2.33. The summed E-state index contributed by atoms with van der Waals surface area (Å²) in [4.78, 5) is 0. The minimum atomic E-state index is 0.684. The van der Waals surface area contributed by atoms with Crippen molar-refractivity contribution >= 4 is 0 Å². The van der Waals surface area contributed by atoms with Crippen LogP contribution in [0.4, 0.5) is 0 Å². The van der Waals surface area contributed by atoms with Gasteiger partial charge in [-0.3, -0.25) is 0 Å². The fourth-order valence-corrected chi connectivity index (χ4v) is 2.72. The molecule has 0 saturated heterocycles. The second kappa shape index (κ2) is 6.06. The highest BCUT2D eigenvalue weighted by molar-refractivity contribution is 5.33. The zero-order valence-electron chi connectivity index (χ0n) is 10.9. The van der Waals surface area contributed by atoms with Crippen molar-refractivity contribution in [1.29, 1.82) is 0 Å². The van der Waals surface area contributed by atoms with Gasteiger partial charge in [0.05, 0.1) is 7.11 Å². The third kappa shape index (κ3) is 3.47. The highest BCUT2D eigenvalue weighted by Gasteiger charge is 2.18. The topological polar surface area (TPSA) is 21.3 Å². The smallest absolute Gasteiger partial charge is 0.123 e. The van der Waals surface area contributed by atoms with Crippen molar-refractivity contribution < 1.29 is 4.74 Å². The van der Waals surface area contributed by atoms with Crippen LogP contribution < -0.4 is 10.1 Å². The van der Waals surface area contributed by atoms with Crippen LogP contribution in [0.1, 0.15) is 38.2 Å². The third-order valence-corrected chi connectivity index (χ3v) is 3.71. The minimum Gasteiger partial charge on any atom is -0.496 e. The van der Waals surface area contributed by atoms with Crippen LogP contribution >= 0.6 is 0 Å². The SMILES string of the molecule is COc1ccccc1CNC1CCCC(C)C1. The largest absolute Gasteiger partial charge is 0.496 e. The molecule has 2 rings (SSSR count). The van der Waals surface area contributed by atoms with Gasteiger partial charge in [-0.15, -0.1) is 0 Å². The predicted molar refractivity (Wildman–Crippen MR) is 71.3 cm³/mol. The summed E-state index contributed by atoms with van der Waals surface area (Å²) in [7, 11) is 1.74. The number of hydrogen-bond acceptors (Lipinski definition) is 2. The molecule has 0 amide bonds. The van der Waals surface area contributed by atoms with Gasteiger partial charge in [0.15, 0.2) is 0 Å². The number of benzene rings is 1. The van der Waals surface area contributed by atoms with Crippen molar-refractivity contribution in [2.24, 2.45) is 5.92 Å². The Bertz CT molecular complexity index is 351. The van der Waals surface area contributed by atoms with Gasteiger partial charge < -0.3 is 10.1 Å². The summed E-state index contributed by atoms with van der Waals surface area (Å²) in [5.41, 5.74) is 1.26. The first-order valence-electron chi connectivity index (χ1n) is 6.65. The highest BCUT2D eigenvalue weighted by atomic mass is 16.5. The molecule has 0 spiro atoms. The molecule has 1 N–H and O–H groups in total. The minimum absolute atomic E-state index is 0.684. The van der Waals surface area contributed by atoms with Gasteiger partial charge in [-0.1, -0.05) is 38.0 Å². The molecule has 1 saturated carbocycles. The Hall–Kier alpha value is -1.02. The van der Waals surface area contributed by atoms with Crippen LogP contribution in [-0.2, 0) is 6.54 Å². The summed E-state index contributed by atoms with van der Waals surface area (Å²) < 4.78 is 5.37. The molecule has 1 aliphatic carbocycles. The Balaban J connectivity index is 1.88. The summed E-state index contributed by atoms with van der Waals surface area (Å²) in [6.45, 7) is 3.28. The first-order valence-corrected chi connectivity index (χ1v) is 6.65. The number of methoxy groups -OCH3 is 1.